The van der Waals surface area contributed by atoms with Gasteiger partial charge in [0, 0.05) is 18.1 Å². The number of carboxylic acid groups (broad SMARTS) is 1. The van der Waals surface area contributed by atoms with E-state index in [0.717, 1.165) is 0 Å². The lowest BCUT2D eigenvalue weighted by Crippen LogP contribution is -2.45. The fourth-order valence-corrected chi connectivity index (χ4v) is 1.32. The molecule has 5 nitrogen and oxygen atoms in total. The molecule has 90 valence electrons. The van der Waals surface area contributed by atoms with E-state index >= 15 is 0 Å². The van der Waals surface area contributed by atoms with Gasteiger partial charge in [0.05, 0.1) is 6.61 Å². The van der Waals surface area contributed by atoms with E-state index in [1.54, 1.807) is 0 Å². The molecule has 1 amide bonds. The van der Waals surface area contributed by atoms with E-state index in [9.17, 15) is 4.79 Å². The lowest BCUT2D eigenvalue weighted by atomic mass is 10.1. The molecule has 0 rings (SSSR count). The van der Waals surface area contributed by atoms with Gasteiger partial charge in [-0.25, -0.2) is 4.79 Å². The number of aliphatic hydroxyl groups is 1. The Hall–Kier alpha value is -0.810. The number of nitrogens with zero attached hydrogens (tertiary/aromatic N) is 1. The molecule has 15 heavy (non-hydrogen) atoms. The topological polar surface area (TPSA) is 86.8 Å². The van der Waals surface area contributed by atoms with Gasteiger partial charge in [-0.3, -0.25) is 0 Å². The number of rotatable bonds is 5. The van der Waals surface area contributed by atoms with Crippen molar-refractivity contribution in [2.75, 3.05) is 13.2 Å². The van der Waals surface area contributed by atoms with Crippen LogP contribution in [0.3, 0.4) is 0 Å². The zero-order chi connectivity index (χ0) is 12.1. The molecule has 0 fully saturated rings. The molecule has 5 heteroatoms. The van der Waals surface area contributed by atoms with Gasteiger partial charge in [-0.2, -0.15) is 0 Å². The highest BCUT2D eigenvalue weighted by molar-refractivity contribution is 5.65. The molecule has 4 N–H and O–H groups in total. The molecule has 1 atom stereocenters. The van der Waals surface area contributed by atoms with Crippen LogP contribution < -0.4 is 5.73 Å². The Labute approximate surface area is 90.9 Å². The minimum atomic E-state index is -0.917. The normalized spacial score (nSPS) is 13.7. The molecule has 1 unspecified atom stereocenters. The zero-order valence-corrected chi connectivity index (χ0v) is 9.73. The molecule has 0 heterocycles. The highest BCUT2D eigenvalue weighted by atomic mass is 16.4. The van der Waals surface area contributed by atoms with Crippen LogP contribution >= 0.6 is 0 Å². The molecule has 0 aromatic rings. The summed E-state index contributed by atoms with van der Waals surface area (Å²) in [6, 6.07) is -0.249. The van der Waals surface area contributed by atoms with E-state index in [0.29, 0.717) is 19.4 Å². The third-order valence-electron chi connectivity index (χ3n) is 2.23. The second-order valence-electron chi connectivity index (χ2n) is 4.69. The lowest BCUT2D eigenvalue weighted by molar-refractivity contribution is 0.0982. The molecule has 0 aliphatic heterocycles. The highest BCUT2D eigenvalue weighted by Gasteiger charge is 2.25. The summed E-state index contributed by atoms with van der Waals surface area (Å²) in [5.41, 5.74) is 5.13. The Morgan fingerprint density at radius 2 is 2.00 bits per heavy atom. The molecule has 0 aliphatic carbocycles. The van der Waals surface area contributed by atoms with Gasteiger partial charge in [0.25, 0.3) is 0 Å². The van der Waals surface area contributed by atoms with Crippen LogP contribution in [0.15, 0.2) is 0 Å². The number of nitrogens with two attached hydrogens (primary N) is 1. The number of aliphatic hydroxyl groups excluding tert-OH is 1. The van der Waals surface area contributed by atoms with Crippen molar-refractivity contribution in [3.63, 3.8) is 0 Å². The van der Waals surface area contributed by atoms with Gasteiger partial charge >= 0.3 is 6.09 Å². The highest BCUT2D eigenvalue weighted by Crippen LogP contribution is 2.14. The van der Waals surface area contributed by atoms with Crippen LogP contribution in [0, 0.1) is 0 Å². The van der Waals surface area contributed by atoms with E-state index < -0.39 is 11.6 Å². The predicted molar refractivity (Wildman–Crippen MR) is 58.8 cm³/mol. The smallest absolute Gasteiger partial charge is 0.407 e. The summed E-state index contributed by atoms with van der Waals surface area (Å²) < 4.78 is 0. The van der Waals surface area contributed by atoms with E-state index in [1.807, 2.05) is 20.8 Å². The van der Waals surface area contributed by atoms with Crippen molar-refractivity contribution >= 4 is 6.09 Å². The van der Waals surface area contributed by atoms with Gasteiger partial charge < -0.3 is 20.8 Å². The maximum atomic E-state index is 10.9. The third-order valence-corrected chi connectivity index (χ3v) is 2.23. The standard InChI is InChI=1S/C10H22N2O3/c1-10(2,3)12(9(14)15)6-4-5-8(11)7-13/h8,13H,4-7,11H2,1-3H3,(H,14,15). The quantitative estimate of drug-likeness (QED) is 0.639. The average Bonchev–Trinajstić information content (AvgIpc) is 2.09. The summed E-state index contributed by atoms with van der Waals surface area (Å²) in [6.45, 7) is 5.96. The fourth-order valence-electron chi connectivity index (χ4n) is 1.32. The van der Waals surface area contributed by atoms with E-state index in [4.69, 9.17) is 15.9 Å². The van der Waals surface area contributed by atoms with Crippen LogP contribution in [0.4, 0.5) is 4.79 Å². The largest absolute Gasteiger partial charge is 0.465 e. The number of hydrogen-bond donors (Lipinski definition) is 3. The second kappa shape index (κ2) is 5.92. The third kappa shape index (κ3) is 5.59. The summed E-state index contributed by atoms with van der Waals surface area (Å²) in [5, 5.41) is 17.7. The monoisotopic (exact) mass is 218 g/mol. The van der Waals surface area contributed by atoms with Gasteiger partial charge in [0.1, 0.15) is 0 Å². The van der Waals surface area contributed by atoms with Gasteiger partial charge in [-0.15, -0.1) is 0 Å². The van der Waals surface area contributed by atoms with Crippen LogP contribution in [0.2, 0.25) is 0 Å². The minimum absolute atomic E-state index is 0.0530. The van der Waals surface area contributed by atoms with Crippen LogP contribution in [-0.2, 0) is 0 Å². The van der Waals surface area contributed by atoms with Crippen molar-refractivity contribution in [3.8, 4) is 0 Å². The van der Waals surface area contributed by atoms with Crippen molar-refractivity contribution in [2.24, 2.45) is 5.73 Å². The predicted octanol–water partition coefficient (Wildman–Crippen LogP) is 0.865. The van der Waals surface area contributed by atoms with E-state index in [-0.39, 0.29) is 12.6 Å². The van der Waals surface area contributed by atoms with Crippen LogP contribution in [-0.4, -0.2) is 45.9 Å². The van der Waals surface area contributed by atoms with Crippen molar-refractivity contribution < 1.29 is 15.0 Å². The molecule has 0 saturated carbocycles. The van der Waals surface area contributed by atoms with Gasteiger partial charge in [0.2, 0.25) is 0 Å². The molecule has 0 aromatic heterocycles. The first-order chi connectivity index (χ1) is 6.79. The summed E-state index contributed by atoms with van der Waals surface area (Å²) in [7, 11) is 0. The maximum absolute atomic E-state index is 10.9. The van der Waals surface area contributed by atoms with Crippen molar-refractivity contribution in [2.45, 2.75) is 45.2 Å². The molecule has 0 bridgehead atoms. The SMILES string of the molecule is CC(C)(C)N(CCCC(N)CO)C(=O)O. The van der Waals surface area contributed by atoms with Crippen molar-refractivity contribution in [1.29, 1.82) is 0 Å². The first-order valence-corrected chi connectivity index (χ1v) is 5.16. The first-order valence-electron chi connectivity index (χ1n) is 5.16. The molecular formula is C10H22N2O3. The molecule has 0 aromatic carbocycles. The fraction of sp³-hybridized carbons (Fsp3) is 0.900. The Bertz CT molecular complexity index is 201. The Balaban J connectivity index is 4.05. The maximum Gasteiger partial charge on any atom is 0.407 e. The van der Waals surface area contributed by atoms with Gasteiger partial charge in [0.15, 0.2) is 0 Å². The van der Waals surface area contributed by atoms with E-state index in [1.165, 1.54) is 4.90 Å². The number of amides is 1. The zero-order valence-electron chi connectivity index (χ0n) is 9.73. The Kier molecular flexibility index (Phi) is 5.60. The first kappa shape index (κ1) is 14.2. The molecule has 0 aliphatic rings. The molecule has 0 radical (unpaired) electrons. The Morgan fingerprint density at radius 3 is 2.33 bits per heavy atom. The summed E-state index contributed by atoms with van der Waals surface area (Å²) in [6.07, 6.45) is 0.391. The van der Waals surface area contributed by atoms with Crippen LogP contribution in [0.25, 0.3) is 0 Å². The van der Waals surface area contributed by atoms with Gasteiger partial charge in [-0.1, -0.05) is 0 Å². The molecule has 0 saturated heterocycles. The average molecular weight is 218 g/mol. The van der Waals surface area contributed by atoms with E-state index in [2.05, 4.69) is 0 Å². The Morgan fingerprint density at radius 1 is 1.47 bits per heavy atom. The van der Waals surface area contributed by atoms with Crippen LogP contribution in [0.5, 0.6) is 0 Å². The molecule has 0 spiro atoms. The number of carbonyl (C=O) groups is 1. The van der Waals surface area contributed by atoms with Crippen molar-refractivity contribution in [3.05, 3.63) is 0 Å². The summed E-state index contributed by atoms with van der Waals surface area (Å²) in [4.78, 5) is 12.3. The minimum Gasteiger partial charge on any atom is -0.465 e. The molecular weight excluding hydrogens is 196 g/mol. The summed E-state index contributed by atoms with van der Waals surface area (Å²) in [5.74, 6) is 0. The lowest BCUT2D eigenvalue weighted by Gasteiger charge is -2.33. The second-order valence-corrected chi connectivity index (χ2v) is 4.69. The van der Waals surface area contributed by atoms with Crippen molar-refractivity contribution in [1.82, 2.24) is 4.90 Å². The van der Waals surface area contributed by atoms with Gasteiger partial charge in [-0.05, 0) is 33.6 Å². The summed E-state index contributed by atoms with van der Waals surface area (Å²) >= 11 is 0. The van der Waals surface area contributed by atoms with Crippen LogP contribution in [0.1, 0.15) is 33.6 Å². The number of hydrogen-bond acceptors (Lipinski definition) is 3.